The number of hydrogen-bond acceptors (Lipinski definition) is 5. The van der Waals surface area contributed by atoms with Crippen LogP contribution in [-0.4, -0.2) is 25.0 Å². The molecule has 2 saturated heterocycles. The molecule has 2 heterocycles. The topological polar surface area (TPSA) is 59.1 Å². The molecule has 0 spiro atoms. The number of nitrogens with zero attached hydrogens (tertiary/aromatic N) is 2. The minimum atomic E-state index is -0.896. The van der Waals surface area contributed by atoms with Gasteiger partial charge in [-0.2, -0.15) is 0 Å². The summed E-state index contributed by atoms with van der Waals surface area (Å²) in [6.45, 7) is 0. The van der Waals surface area contributed by atoms with E-state index in [-0.39, 0.29) is 11.8 Å². The second-order valence-corrected chi connectivity index (χ2v) is 8.34. The van der Waals surface area contributed by atoms with Crippen molar-refractivity contribution in [1.82, 2.24) is 0 Å². The number of carbonyl (C=O) groups excluding carboxylic acids is 2. The number of carbonyl (C=O) groups is 2. The molecular formula is C24H19BrN2O4. The van der Waals surface area contributed by atoms with Crippen molar-refractivity contribution in [2.45, 2.75) is 12.1 Å². The fraction of sp³-hybridized carbons (Fsp3) is 0.167. The van der Waals surface area contributed by atoms with Crippen LogP contribution in [0.4, 0.5) is 11.4 Å². The summed E-state index contributed by atoms with van der Waals surface area (Å²) in [4.78, 5) is 34.2. The Morgan fingerprint density at radius 2 is 1.61 bits per heavy atom. The van der Waals surface area contributed by atoms with E-state index in [2.05, 4.69) is 15.9 Å². The Hall–Kier alpha value is -3.16. The van der Waals surface area contributed by atoms with Gasteiger partial charge in [0.2, 0.25) is 5.91 Å². The highest BCUT2D eigenvalue weighted by Crippen LogP contribution is 2.48. The monoisotopic (exact) mass is 478 g/mol. The molecule has 3 aromatic rings. The lowest BCUT2D eigenvalue weighted by atomic mass is 9.90. The number of rotatable bonds is 4. The maximum Gasteiger partial charge on any atom is 0.266 e. The molecule has 0 unspecified atom stereocenters. The van der Waals surface area contributed by atoms with Gasteiger partial charge in [0.05, 0.1) is 24.5 Å². The fourth-order valence-corrected chi connectivity index (χ4v) is 4.49. The Labute approximate surface area is 188 Å². The van der Waals surface area contributed by atoms with E-state index in [1.54, 1.807) is 36.4 Å². The lowest BCUT2D eigenvalue weighted by molar-refractivity contribution is -0.126. The van der Waals surface area contributed by atoms with Crippen LogP contribution >= 0.6 is 15.9 Å². The molecule has 6 nitrogen and oxygen atoms in total. The zero-order valence-corrected chi connectivity index (χ0v) is 18.2. The van der Waals surface area contributed by atoms with Crippen LogP contribution in [0.15, 0.2) is 83.3 Å². The van der Waals surface area contributed by atoms with Crippen molar-refractivity contribution in [3.8, 4) is 5.75 Å². The van der Waals surface area contributed by atoms with E-state index in [9.17, 15) is 9.59 Å². The van der Waals surface area contributed by atoms with Gasteiger partial charge in [-0.05, 0) is 54.1 Å². The molecule has 2 amide bonds. The van der Waals surface area contributed by atoms with E-state index in [1.165, 1.54) is 4.90 Å². The number of amides is 2. The van der Waals surface area contributed by atoms with Crippen molar-refractivity contribution in [1.29, 1.82) is 0 Å². The molecule has 3 atom stereocenters. The highest BCUT2D eigenvalue weighted by atomic mass is 79.9. The van der Waals surface area contributed by atoms with Gasteiger partial charge in [0, 0.05) is 4.47 Å². The molecule has 2 fully saturated rings. The Morgan fingerprint density at radius 3 is 2.32 bits per heavy atom. The van der Waals surface area contributed by atoms with Gasteiger partial charge in [0.15, 0.2) is 6.10 Å². The molecule has 3 aromatic carbocycles. The Bertz CT molecular complexity index is 1140. The van der Waals surface area contributed by atoms with E-state index < -0.39 is 18.1 Å². The fourth-order valence-electron chi connectivity index (χ4n) is 4.22. The molecule has 0 saturated carbocycles. The number of hydrogen-bond donors (Lipinski definition) is 0. The number of ether oxygens (including phenoxy) is 1. The molecule has 156 valence electrons. The minimum absolute atomic E-state index is 0.274. The van der Waals surface area contributed by atoms with Gasteiger partial charge >= 0.3 is 0 Å². The zero-order chi connectivity index (χ0) is 21.5. The first kappa shape index (κ1) is 19.8. The van der Waals surface area contributed by atoms with Crippen LogP contribution in [0.1, 0.15) is 11.6 Å². The molecular weight excluding hydrogens is 460 g/mol. The van der Waals surface area contributed by atoms with Gasteiger partial charge in [-0.15, -0.1) is 0 Å². The van der Waals surface area contributed by atoms with Crippen LogP contribution in [0.5, 0.6) is 5.75 Å². The first-order valence-corrected chi connectivity index (χ1v) is 10.7. The van der Waals surface area contributed by atoms with Gasteiger partial charge in [-0.3, -0.25) is 14.4 Å². The molecule has 0 aromatic heterocycles. The third-order valence-electron chi connectivity index (χ3n) is 5.65. The number of para-hydroxylation sites is 1. The van der Waals surface area contributed by atoms with E-state index in [0.29, 0.717) is 11.4 Å². The number of hydroxylamine groups is 1. The third-order valence-corrected chi connectivity index (χ3v) is 6.17. The summed E-state index contributed by atoms with van der Waals surface area (Å²) < 4.78 is 6.26. The van der Waals surface area contributed by atoms with Crippen LogP contribution in [0.3, 0.4) is 0 Å². The van der Waals surface area contributed by atoms with Crippen LogP contribution in [0.25, 0.3) is 0 Å². The highest BCUT2D eigenvalue weighted by molar-refractivity contribution is 9.10. The van der Waals surface area contributed by atoms with Crippen LogP contribution in [-0.2, 0) is 14.4 Å². The standard InChI is InChI=1S/C24H19BrN2O4/c1-30-19-9-5-6-15(14-19)21-20-22(31-27(21)18-7-3-2-4-8-18)24(29)26(23(20)28)17-12-10-16(25)11-13-17/h2-14,20-22H,1H3/t20-,21-,22+/m1/s1. The maximum atomic E-state index is 13.6. The quantitative estimate of drug-likeness (QED) is 0.516. The summed E-state index contributed by atoms with van der Waals surface area (Å²) in [5.74, 6) is -0.633. The first-order valence-electron chi connectivity index (χ1n) is 9.87. The predicted octanol–water partition coefficient (Wildman–Crippen LogP) is 4.51. The summed E-state index contributed by atoms with van der Waals surface area (Å²) in [7, 11) is 1.60. The van der Waals surface area contributed by atoms with Crippen LogP contribution < -0.4 is 14.7 Å². The number of fused-ring (bicyclic) bond motifs is 1. The van der Waals surface area contributed by atoms with E-state index >= 15 is 0 Å². The summed E-state index contributed by atoms with van der Waals surface area (Å²) >= 11 is 3.39. The van der Waals surface area contributed by atoms with Crippen molar-refractivity contribution in [2.24, 2.45) is 5.92 Å². The normalized spacial score (nSPS) is 22.7. The van der Waals surface area contributed by atoms with Crippen molar-refractivity contribution in [3.63, 3.8) is 0 Å². The van der Waals surface area contributed by atoms with E-state index in [1.807, 2.05) is 54.6 Å². The average Bonchev–Trinajstić information content (AvgIpc) is 3.31. The highest BCUT2D eigenvalue weighted by Gasteiger charge is 2.60. The van der Waals surface area contributed by atoms with E-state index in [0.717, 1.165) is 15.7 Å². The Balaban J connectivity index is 1.59. The molecule has 0 N–H and O–H groups in total. The van der Waals surface area contributed by atoms with Gasteiger partial charge in [0.25, 0.3) is 5.91 Å². The number of benzene rings is 3. The third kappa shape index (κ3) is 3.30. The lowest BCUT2D eigenvalue weighted by Gasteiger charge is -2.29. The molecule has 2 aliphatic heterocycles. The first-order chi connectivity index (χ1) is 15.1. The SMILES string of the molecule is COc1cccc([C@@H]2[C@H]3C(=O)N(c4ccc(Br)cc4)C(=O)[C@H]3ON2c2ccccc2)c1. The van der Waals surface area contributed by atoms with E-state index in [4.69, 9.17) is 9.57 Å². The van der Waals surface area contributed by atoms with Gasteiger partial charge in [0.1, 0.15) is 11.7 Å². The second-order valence-electron chi connectivity index (χ2n) is 7.42. The van der Waals surface area contributed by atoms with Crippen molar-refractivity contribution < 1.29 is 19.2 Å². The minimum Gasteiger partial charge on any atom is -0.497 e. The molecule has 7 heteroatoms. The molecule has 0 bridgehead atoms. The molecule has 2 aliphatic rings. The average molecular weight is 479 g/mol. The number of halogens is 1. The largest absolute Gasteiger partial charge is 0.497 e. The molecule has 0 radical (unpaired) electrons. The molecule has 0 aliphatic carbocycles. The smallest absolute Gasteiger partial charge is 0.266 e. The molecule has 31 heavy (non-hydrogen) atoms. The summed E-state index contributed by atoms with van der Waals surface area (Å²) in [6.07, 6.45) is -0.896. The van der Waals surface area contributed by atoms with Gasteiger partial charge < -0.3 is 4.74 Å². The number of imide groups is 1. The maximum absolute atomic E-state index is 13.6. The van der Waals surface area contributed by atoms with Crippen molar-refractivity contribution in [3.05, 3.63) is 88.9 Å². The predicted molar refractivity (Wildman–Crippen MR) is 120 cm³/mol. The molecule has 5 rings (SSSR count). The van der Waals surface area contributed by atoms with Gasteiger partial charge in [-0.25, -0.2) is 9.96 Å². The van der Waals surface area contributed by atoms with Crippen molar-refractivity contribution >= 4 is 39.1 Å². The zero-order valence-electron chi connectivity index (χ0n) is 16.6. The summed E-state index contributed by atoms with van der Waals surface area (Å²) in [5.41, 5.74) is 2.15. The number of methoxy groups -OCH3 is 1. The summed E-state index contributed by atoms with van der Waals surface area (Å²) in [6, 6.07) is 23.7. The van der Waals surface area contributed by atoms with Crippen molar-refractivity contribution in [2.75, 3.05) is 17.1 Å². The van der Waals surface area contributed by atoms with Crippen LogP contribution in [0, 0.1) is 5.92 Å². The van der Waals surface area contributed by atoms with Gasteiger partial charge in [-0.1, -0.05) is 46.3 Å². The second kappa shape index (κ2) is 7.83. The Kier molecular flexibility index (Phi) is 5.00. The lowest BCUT2D eigenvalue weighted by Crippen LogP contribution is -2.37. The Morgan fingerprint density at radius 1 is 0.871 bits per heavy atom. The van der Waals surface area contributed by atoms with Crippen LogP contribution in [0.2, 0.25) is 0 Å². The summed E-state index contributed by atoms with van der Waals surface area (Å²) in [5, 5.41) is 1.68. The number of anilines is 2.